The number of hydrogen-bond acceptors (Lipinski definition) is 3. The molecule has 0 amide bonds. The van der Waals surface area contributed by atoms with Gasteiger partial charge in [0.25, 0.3) is 0 Å². The fourth-order valence-electron chi connectivity index (χ4n) is 0.967. The zero-order valence-electron chi connectivity index (χ0n) is 8.95. The van der Waals surface area contributed by atoms with E-state index >= 15 is 0 Å². The highest BCUT2D eigenvalue weighted by Crippen LogP contribution is 2.18. The third kappa shape index (κ3) is 3.13. The summed E-state index contributed by atoms with van der Waals surface area (Å²) in [6, 6.07) is 6.83. The standard InChI is InChI=1S/C12H14O3/c1-4-9(2)12(13)15-11-7-5-10(14-3)6-8-11/h5-8H,2,4H2,1,3H3. The van der Waals surface area contributed by atoms with Gasteiger partial charge in [0.1, 0.15) is 11.5 Å². The van der Waals surface area contributed by atoms with Crippen LogP contribution >= 0.6 is 0 Å². The minimum Gasteiger partial charge on any atom is -0.497 e. The largest absolute Gasteiger partial charge is 0.497 e. The van der Waals surface area contributed by atoms with E-state index in [0.29, 0.717) is 17.7 Å². The summed E-state index contributed by atoms with van der Waals surface area (Å²) < 4.78 is 10.1. The molecule has 0 spiro atoms. The van der Waals surface area contributed by atoms with E-state index in [1.54, 1.807) is 31.4 Å². The van der Waals surface area contributed by atoms with Crippen molar-refractivity contribution >= 4 is 5.97 Å². The van der Waals surface area contributed by atoms with Crippen molar-refractivity contribution in [2.24, 2.45) is 0 Å². The predicted molar refractivity (Wildman–Crippen MR) is 58.1 cm³/mol. The first-order valence-electron chi connectivity index (χ1n) is 4.71. The van der Waals surface area contributed by atoms with Gasteiger partial charge in [-0.25, -0.2) is 4.79 Å². The van der Waals surface area contributed by atoms with E-state index < -0.39 is 0 Å². The van der Waals surface area contributed by atoms with Crippen LogP contribution in [0.2, 0.25) is 0 Å². The van der Waals surface area contributed by atoms with Crippen LogP contribution in [0.15, 0.2) is 36.4 Å². The Morgan fingerprint density at radius 3 is 2.27 bits per heavy atom. The number of benzene rings is 1. The van der Waals surface area contributed by atoms with Gasteiger partial charge in [-0.15, -0.1) is 0 Å². The summed E-state index contributed by atoms with van der Waals surface area (Å²) in [6.07, 6.45) is 0.592. The van der Waals surface area contributed by atoms with Crippen LogP contribution in [0.5, 0.6) is 11.5 Å². The zero-order valence-corrected chi connectivity index (χ0v) is 8.95. The summed E-state index contributed by atoms with van der Waals surface area (Å²) in [6.45, 7) is 5.46. The lowest BCUT2D eigenvalue weighted by molar-refractivity contribution is -0.130. The second-order valence-electron chi connectivity index (χ2n) is 3.02. The highest BCUT2D eigenvalue weighted by molar-refractivity contribution is 5.89. The Morgan fingerprint density at radius 1 is 1.27 bits per heavy atom. The van der Waals surface area contributed by atoms with Gasteiger partial charge in [0.05, 0.1) is 7.11 Å². The molecule has 0 N–H and O–H groups in total. The maximum atomic E-state index is 11.3. The highest BCUT2D eigenvalue weighted by atomic mass is 16.5. The quantitative estimate of drug-likeness (QED) is 0.431. The molecule has 0 saturated heterocycles. The monoisotopic (exact) mass is 206 g/mol. The summed E-state index contributed by atoms with van der Waals surface area (Å²) in [5, 5.41) is 0. The van der Waals surface area contributed by atoms with Crippen molar-refractivity contribution in [3.05, 3.63) is 36.4 Å². The van der Waals surface area contributed by atoms with Gasteiger partial charge in [-0.3, -0.25) is 0 Å². The fourth-order valence-corrected chi connectivity index (χ4v) is 0.967. The van der Waals surface area contributed by atoms with Crippen molar-refractivity contribution < 1.29 is 14.3 Å². The molecule has 1 aromatic carbocycles. The Bertz CT molecular complexity index is 352. The molecule has 0 radical (unpaired) electrons. The van der Waals surface area contributed by atoms with Crippen molar-refractivity contribution in [2.75, 3.05) is 7.11 Å². The van der Waals surface area contributed by atoms with Crippen LogP contribution in [0.3, 0.4) is 0 Å². The number of methoxy groups -OCH3 is 1. The molecule has 80 valence electrons. The van der Waals surface area contributed by atoms with Crippen LogP contribution in [0.25, 0.3) is 0 Å². The van der Waals surface area contributed by atoms with Crippen LogP contribution in [0, 0.1) is 0 Å². The molecule has 15 heavy (non-hydrogen) atoms. The van der Waals surface area contributed by atoms with Crippen molar-refractivity contribution in [1.29, 1.82) is 0 Å². The van der Waals surface area contributed by atoms with Gasteiger partial charge in [-0.1, -0.05) is 13.5 Å². The third-order valence-corrected chi connectivity index (χ3v) is 1.99. The van der Waals surface area contributed by atoms with E-state index in [-0.39, 0.29) is 5.97 Å². The fraction of sp³-hybridized carbons (Fsp3) is 0.250. The second-order valence-corrected chi connectivity index (χ2v) is 3.02. The lowest BCUT2D eigenvalue weighted by Crippen LogP contribution is -2.09. The smallest absolute Gasteiger partial charge is 0.338 e. The molecule has 0 aliphatic carbocycles. The average Bonchev–Trinajstić information content (AvgIpc) is 2.29. The first kappa shape index (κ1) is 11.3. The number of esters is 1. The number of rotatable bonds is 4. The van der Waals surface area contributed by atoms with E-state index in [2.05, 4.69) is 6.58 Å². The number of carbonyl (C=O) groups excluding carboxylic acids is 1. The lowest BCUT2D eigenvalue weighted by atomic mass is 10.2. The maximum absolute atomic E-state index is 11.3. The second kappa shape index (κ2) is 5.20. The molecule has 0 aliphatic heterocycles. The SMILES string of the molecule is C=C(CC)C(=O)Oc1ccc(OC)cc1. The van der Waals surface area contributed by atoms with Gasteiger partial charge in [-0.2, -0.15) is 0 Å². The van der Waals surface area contributed by atoms with Gasteiger partial charge in [0, 0.05) is 5.57 Å². The van der Waals surface area contributed by atoms with Gasteiger partial charge in [0.2, 0.25) is 0 Å². The maximum Gasteiger partial charge on any atom is 0.338 e. The molecule has 0 aliphatic rings. The summed E-state index contributed by atoms with van der Waals surface area (Å²) in [5.74, 6) is 0.835. The first-order valence-corrected chi connectivity index (χ1v) is 4.71. The van der Waals surface area contributed by atoms with E-state index in [0.717, 1.165) is 5.75 Å². The van der Waals surface area contributed by atoms with Gasteiger partial charge in [-0.05, 0) is 30.7 Å². The highest BCUT2D eigenvalue weighted by Gasteiger charge is 2.07. The number of hydrogen-bond donors (Lipinski definition) is 0. The molecule has 0 unspecified atom stereocenters. The van der Waals surface area contributed by atoms with Gasteiger partial charge in [0.15, 0.2) is 0 Å². The van der Waals surface area contributed by atoms with Crippen molar-refractivity contribution in [3.63, 3.8) is 0 Å². The molecule has 0 saturated carbocycles. The summed E-state index contributed by atoms with van der Waals surface area (Å²) in [4.78, 5) is 11.3. The lowest BCUT2D eigenvalue weighted by Gasteiger charge is -2.05. The molecule has 0 fully saturated rings. The normalized spacial score (nSPS) is 9.47. The summed E-state index contributed by atoms with van der Waals surface area (Å²) >= 11 is 0. The third-order valence-electron chi connectivity index (χ3n) is 1.99. The molecular weight excluding hydrogens is 192 g/mol. The molecule has 0 bridgehead atoms. The van der Waals surface area contributed by atoms with Crippen LogP contribution in [-0.2, 0) is 4.79 Å². The van der Waals surface area contributed by atoms with Crippen molar-refractivity contribution in [1.82, 2.24) is 0 Å². The van der Waals surface area contributed by atoms with E-state index in [1.807, 2.05) is 6.92 Å². The number of carbonyl (C=O) groups is 1. The molecule has 3 heteroatoms. The van der Waals surface area contributed by atoms with Gasteiger partial charge < -0.3 is 9.47 Å². The van der Waals surface area contributed by atoms with Crippen LogP contribution in [0.1, 0.15) is 13.3 Å². The van der Waals surface area contributed by atoms with Crippen molar-refractivity contribution in [2.45, 2.75) is 13.3 Å². The van der Waals surface area contributed by atoms with Crippen LogP contribution in [0.4, 0.5) is 0 Å². The Morgan fingerprint density at radius 2 is 1.80 bits per heavy atom. The van der Waals surface area contributed by atoms with E-state index in [1.165, 1.54) is 0 Å². The zero-order chi connectivity index (χ0) is 11.3. The molecule has 0 aromatic heterocycles. The Labute approximate surface area is 89.3 Å². The number of ether oxygens (including phenoxy) is 2. The molecule has 1 aromatic rings. The predicted octanol–water partition coefficient (Wildman–Crippen LogP) is 2.57. The van der Waals surface area contributed by atoms with Crippen molar-refractivity contribution in [3.8, 4) is 11.5 Å². The molecule has 0 atom stereocenters. The van der Waals surface area contributed by atoms with E-state index in [9.17, 15) is 4.79 Å². The van der Waals surface area contributed by atoms with E-state index in [4.69, 9.17) is 9.47 Å². The molecule has 1 rings (SSSR count). The molecule has 0 heterocycles. The Hall–Kier alpha value is -1.77. The minimum absolute atomic E-state index is 0.386. The Kier molecular flexibility index (Phi) is 3.92. The topological polar surface area (TPSA) is 35.5 Å². The summed E-state index contributed by atoms with van der Waals surface area (Å²) in [7, 11) is 1.58. The van der Waals surface area contributed by atoms with Crippen LogP contribution in [-0.4, -0.2) is 13.1 Å². The average molecular weight is 206 g/mol. The minimum atomic E-state index is -0.386. The summed E-state index contributed by atoms with van der Waals surface area (Å²) in [5.41, 5.74) is 0.464. The Balaban J connectivity index is 2.65. The van der Waals surface area contributed by atoms with Gasteiger partial charge >= 0.3 is 5.97 Å². The molecular formula is C12H14O3. The first-order chi connectivity index (χ1) is 7.17. The molecule has 3 nitrogen and oxygen atoms in total. The van der Waals surface area contributed by atoms with Crippen LogP contribution < -0.4 is 9.47 Å².